The van der Waals surface area contributed by atoms with E-state index in [1.165, 1.54) is 11.3 Å². The normalized spacial score (nSPS) is 12.5. The molecule has 0 spiro atoms. The molecule has 1 atom stereocenters. The van der Waals surface area contributed by atoms with E-state index in [-0.39, 0.29) is 17.5 Å². The molecule has 3 aromatic heterocycles. The van der Waals surface area contributed by atoms with Gasteiger partial charge in [0.2, 0.25) is 0 Å². The molecule has 0 bridgehead atoms. The highest BCUT2D eigenvalue weighted by atomic mass is 32.1. The highest BCUT2D eigenvalue weighted by molar-refractivity contribution is 7.16. The van der Waals surface area contributed by atoms with Crippen LogP contribution in [0, 0.1) is 0 Å². The first kappa shape index (κ1) is 17.0. The highest BCUT2D eigenvalue weighted by Crippen LogP contribution is 2.31. The number of methoxy groups -OCH3 is 1. The molecule has 0 aliphatic heterocycles. The Balaban J connectivity index is 1.67. The monoisotopic (exact) mass is 384 g/mol. The molecule has 0 saturated heterocycles. The molecular weight excluding hydrogens is 368 g/mol. The molecule has 0 saturated carbocycles. The van der Waals surface area contributed by atoms with Crippen LogP contribution in [-0.2, 0) is 11.5 Å². The zero-order valence-corrected chi connectivity index (χ0v) is 15.9. The second-order valence-electron chi connectivity index (χ2n) is 5.84. The number of hydrogen-bond acceptors (Lipinski definition) is 7. The summed E-state index contributed by atoms with van der Waals surface area (Å²) in [6.07, 6.45) is 1.65. The van der Waals surface area contributed by atoms with Crippen LogP contribution in [0.15, 0.2) is 46.7 Å². The maximum Gasteiger partial charge on any atom is 0.310 e. The average molecular weight is 384 g/mol. The number of aromatic nitrogens is 4. The summed E-state index contributed by atoms with van der Waals surface area (Å²) in [6, 6.07) is 9.86. The van der Waals surface area contributed by atoms with E-state index in [1.807, 2.05) is 23.6 Å². The van der Waals surface area contributed by atoms with E-state index in [9.17, 15) is 4.79 Å². The van der Waals surface area contributed by atoms with E-state index in [4.69, 9.17) is 9.72 Å². The first-order chi connectivity index (χ1) is 12.7. The lowest BCUT2D eigenvalue weighted by Gasteiger charge is -2.09. The third-order valence-electron chi connectivity index (χ3n) is 4.18. The average Bonchev–Trinajstić information content (AvgIpc) is 3.27. The number of fused-ring (bicyclic) bond motifs is 1. The number of rotatable bonds is 5. The smallest absolute Gasteiger partial charge is 0.310 e. The Kier molecular flexibility index (Phi) is 4.62. The largest absolute Gasteiger partial charge is 0.364 e. The van der Waals surface area contributed by atoms with Gasteiger partial charge in [-0.2, -0.15) is 5.10 Å². The van der Waals surface area contributed by atoms with E-state index in [2.05, 4.69) is 29.3 Å². The number of ether oxygens (including phenoxy) is 1. The molecule has 4 aromatic rings. The van der Waals surface area contributed by atoms with Gasteiger partial charge in [-0.15, -0.1) is 16.4 Å². The van der Waals surface area contributed by atoms with Crippen molar-refractivity contribution in [3.63, 3.8) is 0 Å². The summed E-state index contributed by atoms with van der Waals surface area (Å²) in [4.78, 5) is 16.8. The summed E-state index contributed by atoms with van der Waals surface area (Å²) in [5, 5.41) is 11.0. The molecule has 132 valence electrons. The van der Waals surface area contributed by atoms with Crippen molar-refractivity contribution in [1.82, 2.24) is 19.7 Å². The van der Waals surface area contributed by atoms with Crippen LogP contribution >= 0.6 is 22.7 Å². The molecule has 0 aliphatic rings. The highest BCUT2D eigenvalue weighted by Gasteiger charge is 2.16. The third-order valence-corrected chi connectivity index (χ3v) is 6.15. The molecule has 6 nitrogen and oxygen atoms in total. The van der Waals surface area contributed by atoms with Gasteiger partial charge in [-0.25, -0.2) is 4.98 Å². The summed E-state index contributed by atoms with van der Waals surface area (Å²) >= 11 is 2.85. The number of hydrogen-bond donors (Lipinski definition) is 0. The molecule has 8 heteroatoms. The first-order valence-electron chi connectivity index (χ1n) is 8.03. The van der Waals surface area contributed by atoms with Crippen molar-refractivity contribution in [2.24, 2.45) is 0 Å². The molecule has 1 aromatic carbocycles. The Labute approximate surface area is 157 Å². The third kappa shape index (κ3) is 3.07. The minimum Gasteiger partial charge on any atom is -0.364 e. The topological polar surface area (TPSA) is 69.9 Å². The SMILES string of the molecule is COCn1c(=O)sc2cc(C(C)c3nc(-c4cccnn4)cs3)ccc21. The van der Waals surface area contributed by atoms with E-state index in [1.54, 1.807) is 29.2 Å². The molecule has 0 N–H and O–H groups in total. The van der Waals surface area contributed by atoms with Gasteiger partial charge in [0.15, 0.2) is 0 Å². The molecule has 0 aliphatic carbocycles. The lowest BCUT2D eigenvalue weighted by molar-refractivity contribution is 0.133. The summed E-state index contributed by atoms with van der Waals surface area (Å²) in [6.45, 7) is 2.39. The molecule has 4 rings (SSSR count). The van der Waals surface area contributed by atoms with Crippen LogP contribution in [0.3, 0.4) is 0 Å². The molecule has 26 heavy (non-hydrogen) atoms. The van der Waals surface area contributed by atoms with Gasteiger partial charge in [-0.3, -0.25) is 9.36 Å². The number of nitrogens with zero attached hydrogens (tertiary/aromatic N) is 4. The Hall–Kier alpha value is -2.42. The van der Waals surface area contributed by atoms with Crippen molar-refractivity contribution in [3.05, 3.63) is 62.1 Å². The second-order valence-corrected chi connectivity index (χ2v) is 7.73. The predicted octanol–water partition coefficient (Wildman–Crippen LogP) is 3.73. The zero-order valence-electron chi connectivity index (χ0n) is 14.2. The van der Waals surface area contributed by atoms with E-state index in [0.29, 0.717) is 0 Å². The minimum absolute atomic E-state index is 0.00848. The van der Waals surface area contributed by atoms with Crippen molar-refractivity contribution in [3.8, 4) is 11.4 Å². The molecule has 0 radical (unpaired) electrons. The molecule has 0 fully saturated rings. The molecule has 1 unspecified atom stereocenters. The second kappa shape index (κ2) is 7.06. The summed E-state index contributed by atoms with van der Waals surface area (Å²) < 4.78 is 7.72. The summed E-state index contributed by atoms with van der Waals surface area (Å²) in [5.74, 6) is 0.128. The van der Waals surface area contributed by atoms with Crippen molar-refractivity contribution in [2.45, 2.75) is 19.6 Å². The molecule has 3 heterocycles. The van der Waals surface area contributed by atoms with Crippen LogP contribution in [0.4, 0.5) is 0 Å². The van der Waals surface area contributed by atoms with Crippen LogP contribution in [0.25, 0.3) is 21.6 Å². The quantitative estimate of drug-likeness (QED) is 0.524. The fraction of sp³-hybridized carbons (Fsp3) is 0.222. The van der Waals surface area contributed by atoms with E-state index >= 15 is 0 Å². The van der Waals surface area contributed by atoms with Crippen molar-refractivity contribution < 1.29 is 4.74 Å². The van der Waals surface area contributed by atoms with Crippen LogP contribution in [0.1, 0.15) is 23.4 Å². The standard InChI is InChI=1S/C18H16N4O2S2/c1-11(17-20-14(9-25-17)13-4-3-7-19-21-13)12-5-6-15-16(8-12)26-18(23)22(15)10-24-2/h3-9,11H,10H2,1-2H3. The lowest BCUT2D eigenvalue weighted by atomic mass is 10.0. The number of benzene rings is 1. The van der Waals surface area contributed by atoms with Gasteiger partial charge in [0.25, 0.3) is 0 Å². The lowest BCUT2D eigenvalue weighted by Crippen LogP contribution is -2.13. The maximum absolute atomic E-state index is 12.1. The van der Waals surface area contributed by atoms with Gasteiger partial charge in [-0.05, 0) is 29.8 Å². The predicted molar refractivity (Wildman–Crippen MR) is 104 cm³/mol. The first-order valence-corrected chi connectivity index (χ1v) is 9.72. The van der Waals surface area contributed by atoms with Gasteiger partial charge in [0.05, 0.1) is 10.2 Å². The Bertz CT molecular complexity index is 1100. The van der Waals surface area contributed by atoms with Crippen LogP contribution in [-0.4, -0.2) is 26.9 Å². The van der Waals surface area contributed by atoms with E-state index in [0.717, 1.165) is 32.2 Å². The minimum atomic E-state index is -0.00848. The fourth-order valence-electron chi connectivity index (χ4n) is 2.79. The number of thiazole rings is 2. The van der Waals surface area contributed by atoms with Gasteiger partial charge >= 0.3 is 4.87 Å². The Morgan fingerprint density at radius 3 is 2.92 bits per heavy atom. The van der Waals surface area contributed by atoms with Crippen LogP contribution < -0.4 is 4.87 Å². The van der Waals surface area contributed by atoms with Crippen molar-refractivity contribution in [2.75, 3.05) is 7.11 Å². The summed E-state index contributed by atoms with van der Waals surface area (Å²) in [5.41, 5.74) is 3.63. The summed E-state index contributed by atoms with van der Waals surface area (Å²) in [7, 11) is 1.59. The fourth-order valence-corrected chi connectivity index (χ4v) is 4.61. The molecule has 0 amide bonds. The molecular formula is C18H16N4O2S2. The van der Waals surface area contributed by atoms with Gasteiger partial charge in [0.1, 0.15) is 23.1 Å². The van der Waals surface area contributed by atoms with Crippen LogP contribution in [0.2, 0.25) is 0 Å². The Morgan fingerprint density at radius 2 is 2.15 bits per heavy atom. The van der Waals surface area contributed by atoms with Crippen molar-refractivity contribution >= 4 is 32.9 Å². The zero-order chi connectivity index (χ0) is 18.1. The van der Waals surface area contributed by atoms with Crippen molar-refractivity contribution in [1.29, 1.82) is 0 Å². The Morgan fingerprint density at radius 1 is 1.27 bits per heavy atom. The van der Waals surface area contributed by atoms with Gasteiger partial charge < -0.3 is 4.74 Å². The van der Waals surface area contributed by atoms with Gasteiger partial charge in [-0.1, -0.05) is 24.3 Å². The van der Waals surface area contributed by atoms with E-state index < -0.39 is 0 Å². The van der Waals surface area contributed by atoms with Gasteiger partial charge in [0, 0.05) is 24.6 Å². The van der Waals surface area contributed by atoms with Crippen LogP contribution in [0.5, 0.6) is 0 Å². The maximum atomic E-state index is 12.1.